The number of hydrogen-bond acceptors (Lipinski definition) is 10. The van der Waals surface area contributed by atoms with Crippen LogP contribution in [0.25, 0.3) is 17.9 Å². The van der Waals surface area contributed by atoms with E-state index in [-0.39, 0.29) is 56.4 Å². The molecule has 4 aromatic rings. The van der Waals surface area contributed by atoms with Gasteiger partial charge in [0, 0.05) is 24.7 Å². The van der Waals surface area contributed by atoms with Gasteiger partial charge >= 0.3 is 29.6 Å². The Morgan fingerprint density at radius 2 is 1.23 bits per heavy atom. The molecule has 1 aliphatic heterocycles. The maximum atomic E-state index is 11.3. The predicted octanol–water partition coefficient (Wildman–Crippen LogP) is 1.49. The monoisotopic (exact) mass is 634 g/mol. The minimum atomic E-state index is -4.40. The Morgan fingerprint density at radius 3 is 1.74 bits per heavy atom. The van der Waals surface area contributed by atoms with Gasteiger partial charge in [0.25, 0.3) is 20.2 Å². The van der Waals surface area contributed by atoms with Gasteiger partial charge in [-0.15, -0.1) is 0 Å². The largest absolute Gasteiger partial charge is 1.00 e. The van der Waals surface area contributed by atoms with E-state index < -0.39 is 20.2 Å². The SMILES string of the molecule is O=S(=O)(O)c1ccccc1C=Cc1ccccc1S(=O)(=O)O.[NH-]c1nc(Nc2ccccc2)nc(N2CCOCC2)n1.[Na+]. The average molecular weight is 635 g/mol. The standard InChI is InChI=1S/C14H12O6S2.C13H15N6O.Na/c15-21(16,17)13-7-3-1-5-11(13)9-10-12-6-2-4-8-14(12)22(18,19)20;14-11-16-12(15-10-4-2-1-3-5-10)18-13(17-11)19-6-8-20-9-7-19;/h1-10H,(H,15,16,17)(H,18,19,20);1-5H,6-9H2,(H2-,14,15,16,17,18);/q;-1;+1. The van der Waals surface area contributed by atoms with Gasteiger partial charge in [-0.1, -0.05) is 66.7 Å². The Labute approximate surface area is 271 Å². The summed E-state index contributed by atoms with van der Waals surface area (Å²) in [5, 5.41) is 3.08. The van der Waals surface area contributed by atoms with Crippen molar-refractivity contribution in [2.24, 2.45) is 0 Å². The molecule has 0 bridgehead atoms. The van der Waals surface area contributed by atoms with Crippen LogP contribution in [-0.4, -0.2) is 67.2 Å². The predicted molar refractivity (Wildman–Crippen MR) is 158 cm³/mol. The van der Waals surface area contributed by atoms with Crippen molar-refractivity contribution in [2.45, 2.75) is 9.79 Å². The molecule has 0 saturated carbocycles. The summed E-state index contributed by atoms with van der Waals surface area (Å²) in [6.07, 6.45) is 2.68. The van der Waals surface area contributed by atoms with Crippen molar-refractivity contribution in [3.63, 3.8) is 0 Å². The fourth-order valence-corrected chi connectivity index (χ4v) is 5.23. The Balaban J connectivity index is 0.000000231. The van der Waals surface area contributed by atoms with E-state index in [0.717, 1.165) is 18.8 Å². The quantitative estimate of drug-likeness (QED) is 0.151. The summed E-state index contributed by atoms with van der Waals surface area (Å²) < 4.78 is 68.7. The van der Waals surface area contributed by atoms with Crippen LogP contribution >= 0.6 is 0 Å². The fourth-order valence-electron chi connectivity index (χ4n) is 3.86. The molecule has 0 amide bonds. The number of ether oxygens (including phenoxy) is 1. The van der Waals surface area contributed by atoms with E-state index >= 15 is 0 Å². The van der Waals surface area contributed by atoms with Gasteiger partial charge in [0.15, 0.2) is 11.9 Å². The molecule has 13 nitrogen and oxygen atoms in total. The first kappa shape index (κ1) is 34.1. The summed E-state index contributed by atoms with van der Waals surface area (Å²) in [6.45, 7) is 2.77. The fraction of sp³-hybridized carbons (Fsp3) is 0.148. The maximum Gasteiger partial charge on any atom is 1.00 e. The van der Waals surface area contributed by atoms with Crippen molar-refractivity contribution in [3.8, 4) is 0 Å². The molecule has 220 valence electrons. The van der Waals surface area contributed by atoms with Crippen LogP contribution in [0.15, 0.2) is 88.7 Å². The number of anilines is 3. The molecule has 0 aliphatic carbocycles. The van der Waals surface area contributed by atoms with E-state index in [1.54, 1.807) is 12.1 Å². The number of nitrogens with zero attached hydrogens (tertiary/aromatic N) is 4. The van der Waals surface area contributed by atoms with Gasteiger partial charge in [0.1, 0.15) is 9.79 Å². The number of benzene rings is 3. The van der Waals surface area contributed by atoms with Crippen LogP contribution in [0, 0.1) is 0 Å². The van der Waals surface area contributed by atoms with Gasteiger partial charge in [-0.3, -0.25) is 9.11 Å². The van der Waals surface area contributed by atoms with Crippen LogP contribution in [0.1, 0.15) is 11.1 Å². The van der Waals surface area contributed by atoms with E-state index in [2.05, 4.69) is 20.3 Å². The van der Waals surface area contributed by atoms with Crippen molar-refractivity contribution < 1.29 is 60.2 Å². The van der Waals surface area contributed by atoms with Crippen LogP contribution in [0.4, 0.5) is 23.5 Å². The molecule has 1 fully saturated rings. The van der Waals surface area contributed by atoms with E-state index in [0.29, 0.717) is 25.1 Å². The normalized spacial score (nSPS) is 13.5. The first-order chi connectivity index (χ1) is 20.0. The number of rotatable bonds is 7. The molecule has 1 saturated heterocycles. The van der Waals surface area contributed by atoms with Crippen molar-refractivity contribution in [3.05, 3.63) is 95.7 Å². The molecule has 3 aromatic carbocycles. The second-order valence-electron chi connectivity index (χ2n) is 8.73. The zero-order valence-corrected chi connectivity index (χ0v) is 26.7. The third-order valence-corrected chi connectivity index (χ3v) is 7.64. The molecule has 0 radical (unpaired) electrons. The summed E-state index contributed by atoms with van der Waals surface area (Å²) in [5.41, 5.74) is 8.96. The first-order valence-electron chi connectivity index (χ1n) is 12.4. The molecule has 5 rings (SSSR count). The van der Waals surface area contributed by atoms with Crippen molar-refractivity contribution >= 4 is 55.9 Å². The second-order valence-corrected chi connectivity index (χ2v) is 11.5. The molecule has 4 N–H and O–H groups in total. The number of aromatic nitrogens is 3. The molecular formula is C27H27N6NaO7S2. The number of nitrogens with one attached hydrogen (secondary N) is 2. The summed E-state index contributed by atoms with van der Waals surface area (Å²) >= 11 is 0. The first-order valence-corrected chi connectivity index (χ1v) is 15.3. The summed E-state index contributed by atoms with van der Waals surface area (Å²) in [5.74, 6) is 0.865. The van der Waals surface area contributed by atoms with Crippen molar-refractivity contribution in [2.75, 3.05) is 36.5 Å². The summed E-state index contributed by atoms with van der Waals surface area (Å²) in [6, 6.07) is 21.0. The smallest absolute Gasteiger partial charge is 0.410 e. The molecule has 1 aromatic heterocycles. The third-order valence-electron chi connectivity index (χ3n) is 5.78. The van der Waals surface area contributed by atoms with Crippen molar-refractivity contribution in [1.82, 2.24) is 15.0 Å². The van der Waals surface area contributed by atoms with Gasteiger partial charge in [0.05, 0.1) is 13.2 Å². The van der Waals surface area contributed by atoms with Crippen LogP contribution in [-0.2, 0) is 25.0 Å². The van der Waals surface area contributed by atoms with Gasteiger partial charge < -0.3 is 30.7 Å². The van der Waals surface area contributed by atoms with E-state index in [1.807, 2.05) is 35.2 Å². The zero-order valence-electron chi connectivity index (χ0n) is 23.0. The Hall–Kier alpha value is -3.41. The van der Waals surface area contributed by atoms with Crippen LogP contribution < -0.4 is 39.8 Å². The Bertz CT molecular complexity index is 1690. The zero-order chi connectivity index (χ0) is 30.2. The Morgan fingerprint density at radius 1 is 0.744 bits per heavy atom. The molecule has 1 aliphatic rings. The molecular weight excluding hydrogens is 607 g/mol. The average Bonchev–Trinajstić information content (AvgIpc) is 2.96. The van der Waals surface area contributed by atoms with Crippen LogP contribution in [0.2, 0.25) is 0 Å². The molecule has 0 unspecified atom stereocenters. The molecule has 43 heavy (non-hydrogen) atoms. The topological polar surface area (TPSA) is 196 Å². The van der Waals surface area contributed by atoms with Gasteiger partial charge in [-0.25, -0.2) is 4.98 Å². The van der Waals surface area contributed by atoms with E-state index in [1.165, 1.54) is 48.6 Å². The number of hydrogen-bond donors (Lipinski definition) is 3. The van der Waals surface area contributed by atoms with E-state index in [4.69, 9.17) is 19.6 Å². The minimum Gasteiger partial charge on any atom is -0.410 e. The van der Waals surface area contributed by atoms with Gasteiger partial charge in [-0.05, 0) is 35.4 Å². The number of morpholine rings is 1. The van der Waals surface area contributed by atoms with Crippen LogP contribution in [0.3, 0.4) is 0 Å². The van der Waals surface area contributed by atoms with Crippen molar-refractivity contribution in [1.29, 1.82) is 0 Å². The van der Waals surface area contributed by atoms with Gasteiger partial charge in [-0.2, -0.15) is 16.8 Å². The second kappa shape index (κ2) is 15.4. The van der Waals surface area contributed by atoms with Gasteiger partial charge in [0.2, 0.25) is 0 Å². The maximum absolute atomic E-state index is 11.3. The summed E-state index contributed by atoms with van der Waals surface area (Å²) in [4.78, 5) is 13.9. The Kier molecular flexibility index (Phi) is 12.2. The van der Waals surface area contributed by atoms with E-state index in [9.17, 15) is 16.8 Å². The summed E-state index contributed by atoms with van der Waals surface area (Å²) in [7, 11) is -8.79. The molecule has 0 atom stereocenters. The number of para-hydroxylation sites is 1. The minimum absolute atomic E-state index is 0. The molecule has 0 spiro atoms. The third kappa shape index (κ3) is 10.1. The van der Waals surface area contributed by atoms with Crippen LogP contribution in [0.5, 0.6) is 0 Å². The molecule has 2 heterocycles. The molecule has 16 heteroatoms.